The minimum absolute atomic E-state index is 0.568. The molecule has 0 fully saturated rings. The molecule has 4 rings (SSSR count). The summed E-state index contributed by atoms with van der Waals surface area (Å²) in [5.41, 5.74) is 4.05. The fourth-order valence-corrected chi connectivity index (χ4v) is 2.95. The fraction of sp³-hybridized carbons (Fsp3) is 0. The first-order valence-electron chi connectivity index (χ1n) is 8.07. The first kappa shape index (κ1) is 16.1. The first-order valence-corrected chi connectivity index (χ1v) is 8.45. The number of rotatable bonds is 3. The fourth-order valence-electron chi connectivity index (χ4n) is 2.82. The molecule has 0 N–H and O–H groups in total. The predicted molar refractivity (Wildman–Crippen MR) is 104 cm³/mol. The molecule has 4 aromatic rings. The van der Waals surface area contributed by atoms with Gasteiger partial charge in [-0.3, -0.25) is 0 Å². The van der Waals surface area contributed by atoms with Crippen LogP contribution in [-0.4, -0.2) is 5.16 Å². The molecule has 0 bridgehead atoms. The number of hydrogen-bond donors (Lipinski definition) is 0. The van der Waals surface area contributed by atoms with Crippen molar-refractivity contribution >= 4 is 34.2 Å². The highest BCUT2D eigenvalue weighted by atomic mass is 35.5. The van der Waals surface area contributed by atoms with Crippen molar-refractivity contribution in [1.82, 2.24) is 5.16 Å². The van der Waals surface area contributed by atoms with Crippen molar-refractivity contribution in [2.75, 3.05) is 0 Å². The predicted octanol–water partition coefficient (Wildman–Crippen LogP) is 6.21. The maximum Gasteiger partial charge on any atom is 0.174 e. The zero-order valence-electron chi connectivity index (χ0n) is 13.7. The summed E-state index contributed by atoms with van der Waals surface area (Å²) in [6.45, 7) is 0. The molecular weight excluding hydrogens is 344 g/mol. The minimum atomic E-state index is 0.568. The molecule has 0 aliphatic rings. The first-order chi connectivity index (χ1) is 12.7. The molecule has 3 aromatic carbocycles. The molecule has 0 amide bonds. The van der Waals surface area contributed by atoms with Gasteiger partial charge in [0.2, 0.25) is 0 Å². The second kappa shape index (κ2) is 6.87. The highest BCUT2D eigenvalue weighted by Gasteiger charge is 2.11. The lowest BCUT2D eigenvalue weighted by molar-refractivity contribution is 0.441. The Morgan fingerprint density at radius 2 is 1.77 bits per heavy atom. The van der Waals surface area contributed by atoms with Gasteiger partial charge in [-0.1, -0.05) is 65.3 Å². The Morgan fingerprint density at radius 3 is 2.50 bits per heavy atom. The number of hydrogen-bond acceptors (Lipinski definition) is 3. The van der Waals surface area contributed by atoms with Crippen molar-refractivity contribution in [3.63, 3.8) is 0 Å². The highest BCUT2D eigenvalue weighted by molar-refractivity contribution is 6.30. The molecule has 124 valence electrons. The van der Waals surface area contributed by atoms with Crippen LogP contribution in [0.2, 0.25) is 5.02 Å². The van der Waals surface area contributed by atoms with E-state index >= 15 is 0 Å². The zero-order chi connectivity index (χ0) is 17.9. The largest absolute Gasteiger partial charge is 0.355 e. The zero-order valence-corrected chi connectivity index (χ0v) is 14.4. The van der Waals surface area contributed by atoms with Crippen LogP contribution in [0.25, 0.3) is 33.9 Å². The monoisotopic (exact) mass is 356 g/mol. The molecular formula is C22H13ClN2O. The summed E-state index contributed by atoms with van der Waals surface area (Å²) in [7, 11) is 0. The van der Waals surface area contributed by atoms with E-state index in [2.05, 4.69) is 11.2 Å². The Bertz CT molecular complexity index is 1140. The third-order valence-electron chi connectivity index (χ3n) is 4.12. The molecule has 0 aliphatic carbocycles. The second-order valence-electron chi connectivity index (χ2n) is 5.83. The van der Waals surface area contributed by atoms with Crippen molar-refractivity contribution in [1.29, 1.82) is 5.26 Å². The van der Waals surface area contributed by atoms with Gasteiger partial charge in [0, 0.05) is 10.6 Å². The maximum absolute atomic E-state index is 9.53. The lowest BCUT2D eigenvalue weighted by Crippen LogP contribution is -1.82. The van der Waals surface area contributed by atoms with Crippen LogP contribution in [0.3, 0.4) is 0 Å². The SMILES string of the molecule is N#CC(=Cc1ccc2noc(-c3ccccc3)c2c1)c1ccc(Cl)cc1. The van der Waals surface area contributed by atoms with E-state index in [0.717, 1.165) is 33.4 Å². The number of halogens is 1. The Morgan fingerprint density at radius 1 is 1.00 bits per heavy atom. The van der Waals surface area contributed by atoms with Gasteiger partial charge in [-0.15, -0.1) is 0 Å². The molecule has 26 heavy (non-hydrogen) atoms. The molecule has 4 heteroatoms. The van der Waals surface area contributed by atoms with Crippen LogP contribution in [0.1, 0.15) is 11.1 Å². The summed E-state index contributed by atoms with van der Waals surface area (Å²) < 4.78 is 5.53. The molecule has 0 unspecified atom stereocenters. The molecule has 0 radical (unpaired) electrons. The average Bonchev–Trinajstić information content (AvgIpc) is 3.11. The van der Waals surface area contributed by atoms with E-state index < -0.39 is 0 Å². The highest BCUT2D eigenvalue weighted by Crippen LogP contribution is 2.30. The third-order valence-corrected chi connectivity index (χ3v) is 4.38. The van der Waals surface area contributed by atoms with Gasteiger partial charge in [0.25, 0.3) is 0 Å². The topological polar surface area (TPSA) is 49.8 Å². The van der Waals surface area contributed by atoms with Gasteiger partial charge < -0.3 is 4.52 Å². The Hall–Kier alpha value is -3.35. The number of aromatic nitrogens is 1. The van der Waals surface area contributed by atoms with Crippen molar-refractivity contribution in [2.24, 2.45) is 0 Å². The van der Waals surface area contributed by atoms with E-state index in [1.807, 2.05) is 66.7 Å². The van der Waals surface area contributed by atoms with Crippen LogP contribution in [0.5, 0.6) is 0 Å². The summed E-state index contributed by atoms with van der Waals surface area (Å²) in [5.74, 6) is 0.723. The molecule has 0 spiro atoms. The summed E-state index contributed by atoms with van der Waals surface area (Å²) >= 11 is 5.93. The molecule has 0 saturated carbocycles. The summed E-state index contributed by atoms with van der Waals surface area (Å²) in [4.78, 5) is 0. The number of fused-ring (bicyclic) bond motifs is 1. The summed E-state index contributed by atoms with van der Waals surface area (Å²) in [6, 6.07) is 25.1. The van der Waals surface area contributed by atoms with E-state index in [0.29, 0.717) is 10.6 Å². The van der Waals surface area contributed by atoms with Crippen LogP contribution >= 0.6 is 11.6 Å². The Balaban J connectivity index is 1.80. The van der Waals surface area contributed by atoms with E-state index in [1.54, 1.807) is 12.1 Å². The van der Waals surface area contributed by atoms with Gasteiger partial charge in [0.05, 0.1) is 17.0 Å². The Kier molecular flexibility index (Phi) is 4.27. The quantitative estimate of drug-likeness (QED) is 0.324. The van der Waals surface area contributed by atoms with E-state index in [-0.39, 0.29) is 0 Å². The molecule has 3 nitrogen and oxygen atoms in total. The van der Waals surface area contributed by atoms with Crippen molar-refractivity contribution < 1.29 is 4.52 Å². The van der Waals surface area contributed by atoms with E-state index in [4.69, 9.17) is 16.1 Å². The number of benzene rings is 3. The van der Waals surface area contributed by atoms with Crippen LogP contribution < -0.4 is 0 Å². The lowest BCUT2D eigenvalue weighted by atomic mass is 10.0. The van der Waals surface area contributed by atoms with E-state index in [9.17, 15) is 5.26 Å². The maximum atomic E-state index is 9.53. The molecule has 1 aromatic heterocycles. The Labute approximate surface area is 155 Å². The third kappa shape index (κ3) is 3.11. The summed E-state index contributed by atoms with van der Waals surface area (Å²) in [5, 5.41) is 15.2. The van der Waals surface area contributed by atoms with Crippen molar-refractivity contribution in [3.8, 4) is 17.4 Å². The van der Waals surface area contributed by atoms with Gasteiger partial charge >= 0.3 is 0 Å². The average molecular weight is 357 g/mol. The summed E-state index contributed by atoms with van der Waals surface area (Å²) in [6.07, 6.45) is 1.85. The number of nitriles is 1. The van der Waals surface area contributed by atoms with Crippen molar-refractivity contribution in [3.05, 3.63) is 88.9 Å². The standard InChI is InChI=1S/C22H13ClN2O/c23-19-9-7-16(8-10-19)18(14-24)12-15-6-11-21-20(13-15)22(26-25-21)17-4-2-1-3-5-17/h1-13H. The van der Waals surface area contributed by atoms with Gasteiger partial charge in [-0.05, 0) is 41.5 Å². The molecule has 0 saturated heterocycles. The van der Waals surface area contributed by atoms with Crippen LogP contribution in [0.4, 0.5) is 0 Å². The van der Waals surface area contributed by atoms with Gasteiger partial charge in [0.15, 0.2) is 5.76 Å². The van der Waals surface area contributed by atoms with Crippen LogP contribution in [-0.2, 0) is 0 Å². The van der Waals surface area contributed by atoms with Crippen LogP contribution in [0.15, 0.2) is 77.3 Å². The molecule has 0 atom stereocenters. The van der Waals surface area contributed by atoms with E-state index in [1.165, 1.54) is 0 Å². The van der Waals surface area contributed by atoms with Gasteiger partial charge in [-0.25, -0.2) is 0 Å². The smallest absolute Gasteiger partial charge is 0.174 e. The number of nitrogens with zero attached hydrogens (tertiary/aromatic N) is 2. The van der Waals surface area contributed by atoms with Crippen LogP contribution in [0, 0.1) is 11.3 Å². The number of allylic oxidation sites excluding steroid dienone is 1. The molecule has 0 aliphatic heterocycles. The lowest BCUT2D eigenvalue weighted by Gasteiger charge is -2.01. The van der Waals surface area contributed by atoms with Gasteiger partial charge in [-0.2, -0.15) is 5.26 Å². The minimum Gasteiger partial charge on any atom is -0.355 e. The van der Waals surface area contributed by atoms with Crippen molar-refractivity contribution in [2.45, 2.75) is 0 Å². The molecule has 1 heterocycles. The second-order valence-corrected chi connectivity index (χ2v) is 6.27. The normalized spacial score (nSPS) is 11.5. The van der Waals surface area contributed by atoms with Gasteiger partial charge in [0.1, 0.15) is 5.52 Å².